The Morgan fingerprint density at radius 2 is 2.32 bits per heavy atom. The highest BCUT2D eigenvalue weighted by molar-refractivity contribution is 6.30. The average molecular weight is 280 g/mol. The zero-order chi connectivity index (χ0) is 13.7. The van der Waals surface area contributed by atoms with Crippen LogP contribution in [0.2, 0.25) is 5.02 Å². The molecule has 1 atom stereocenters. The first-order chi connectivity index (χ1) is 9.24. The standard InChI is InChI=1S/C13H18ClN5/c1-2-6-19-13(9-16-18-19)12(17-15)8-10-4-3-5-11(14)7-10/h3-5,7,9,12,17H,2,6,8,15H2,1H3. The van der Waals surface area contributed by atoms with Gasteiger partial charge in [0.25, 0.3) is 0 Å². The number of hydrogen-bond acceptors (Lipinski definition) is 4. The summed E-state index contributed by atoms with van der Waals surface area (Å²) in [5, 5.41) is 8.77. The van der Waals surface area contributed by atoms with Gasteiger partial charge in [-0.25, -0.2) is 4.68 Å². The highest BCUT2D eigenvalue weighted by Crippen LogP contribution is 2.19. The number of hydrogen-bond donors (Lipinski definition) is 2. The van der Waals surface area contributed by atoms with Gasteiger partial charge in [-0.2, -0.15) is 0 Å². The lowest BCUT2D eigenvalue weighted by Crippen LogP contribution is -2.31. The topological polar surface area (TPSA) is 68.8 Å². The maximum atomic E-state index is 6.00. The van der Waals surface area contributed by atoms with Crippen molar-refractivity contribution < 1.29 is 0 Å². The maximum Gasteiger partial charge on any atom is 0.0773 e. The first kappa shape index (κ1) is 14.0. The molecule has 1 aromatic heterocycles. The Morgan fingerprint density at radius 1 is 1.47 bits per heavy atom. The molecule has 0 fully saturated rings. The third-order valence-electron chi connectivity index (χ3n) is 2.97. The molecule has 19 heavy (non-hydrogen) atoms. The number of halogens is 1. The molecule has 2 rings (SSSR count). The molecule has 102 valence electrons. The Hall–Kier alpha value is -1.43. The van der Waals surface area contributed by atoms with Crippen LogP contribution in [0.3, 0.4) is 0 Å². The second kappa shape index (κ2) is 6.65. The molecule has 3 N–H and O–H groups in total. The Bertz CT molecular complexity index is 525. The fourth-order valence-electron chi connectivity index (χ4n) is 2.07. The van der Waals surface area contributed by atoms with E-state index >= 15 is 0 Å². The zero-order valence-corrected chi connectivity index (χ0v) is 11.6. The quantitative estimate of drug-likeness (QED) is 0.628. The molecule has 6 heteroatoms. The van der Waals surface area contributed by atoms with E-state index in [0.717, 1.165) is 35.7 Å². The Kier molecular flexibility index (Phi) is 4.90. The smallest absolute Gasteiger partial charge is 0.0773 e. The van der Waals surface area contributed by atoms with E-state index in [-0.39, 0.29) is 6.04 Å². The van der Waals surface area contributed by atoms with Crippen molar-refractivity contribution >= 4 is 11.6 Å². The van der Waals surface area contributed by atoms with Gasteiger partial charge in [0.2, 0.25) is 0 Å². The summed E-state index contributed by atoms with van der Waals surface area (Å²) in [6, 6.07) is 7.75. The third-order valence-corrected chi connectivity index (χ3v) is 3.21. The molecule has 0 aliphatic heterocycles. The van der Waals surface area contributed by atoms with Crippen molar-refractivity contribution in [1.82, 2.24) is 20.4 Å². The summed E-state index contributed by atoms with van der Waals surface area (Å²) in [5.41, 5.74) is 4.94. The minimum absolute atomic E-state index is 0.0278. The van der Waals surface area contributed by atoms with E-state index < -0.39 is 0 Å². The van der Waals surface area contributed by atoms with E-state index in [0.29, 0.717) is 0 Å². The minimum Gasteiger partial charge on any atom is -0.271 e. The summed E-state index contributed by atoms with van der Waals surface area (Å²) in [7, 11) is 0. The van der Waals surface area contributed by atoms with Gasteiger partial charge in [-0.1, -0.05) is 35.9 Å². The van der Waals surface area contributed by atoms with Crippen LogP contribution in [-0.4, -0.2) is 15.0 Å². The van der Waals surface area contributed by atoms with Crippen molar-refractivity contribution in [3.05, 3.63) is 46.7 Å². The van der Waals surface area contributed by atoms with Crippen LogP contribution >= 0.6 is 11.6 Å². The molecular weight excluding hydrogens is 262 g/mol. The van der Waals surface area contributed by atoms with E-state index in [1.54, 1.807) is 6.20 Å². The molecule has 1 unspecified atom stereocenters. The van der Waals surface area contributed by atoms with Crippen molar-refractivity contribution in [2.45, 2.75) is 32.4 Å². The lowest BCUT2D eigenvalue weighted by molar-refractivity contribution is 0.474. The van der Waals surface area contributed by atoms with E-state index in [1.165, 1.54) is 0 Å². The van der Waals surface area contributed by atoms with E-state index in [4.69, 9.17) is 17.4 Å². The maximum absolute atomic E-state index is 6.00. The summed E-state index contributed by atoms with van der Waals surface area (Å²) in [4.78, 5) is 0. The van der Waals surface area contributed by atoms with Crippen molar-refractivity contribution in [3.63, 3.8) is 0 Å². The second-order valence-electron chi connectivity index (χ2n) is 4.44. The summed E-state index contributed by atoms with van der Waals surface area (Å²) >= 11 is 6.00. The number of aromatic nitrogens is 3. The molecule has 0 saturated heterocycles. The van der Waals surface area contributed by atoms with Gasteiger partial charge in [-0.15, -0.1) is 5.10 Å². The lowest BCUT2D eigenvalue weighted by Gasteiger charge is -2.17. The summed E-state index contributed by atoms with van der Waals surface area (Å²) in [6.45, 7) is 2.94. The Morgan fingerprint density at radius 3 is 3.00 bits per heavy atom. The molecule has 2 aromatic rings. The largest absolute Gasteiger partial charge is 0.271 e. The van der Waals surface area contributed by atoms with Crippen LogP contribution in [0.4, 0.5) is 0 Å². The summed E-state index contributed by atoms with van der Waals surface area (Å²) in [6.07, 6.45) is 3.50. The SMILES string of the molecule is CCCn1nncc1C(Cc1cccc(Cl)c1)NN. The van der Waals surface area contributed by atoms with Gasteiger partial charge >= 0.3 is 0 Å². The Balaban J connectivity index is 2.18. The zero-order valence-electron chi connectivity index (χ0n) is 10.9. The highest BCUT2D eigenvalue weighted by Gasteiger charge is 2.16. The van der Waals surface area contributed by atoms with Gasteiger partial charge in [0, 0.05) is 11.6 Å². The Labute approximate surface area is 117 Å². The molecule has 0 radical (unpaired) electrons. The van der Waals surface area contributed by atoms with Crippen LogP contribution in [0, 0.1) is 0 Å². The van der Waals surface area contributed by atoms with Crippen LogP contribution in [-0.2, 0) is 13.0 Å². The average Bonchev–Trinajstić information content (AvgIpc) is 2.85. The number of nitrogens with one attached hydrogen (secondary N) is 1. The number of nitrogens with two attached hydrogens (primary N) is 1. The molecule has 0 spiro atoms. The monoisotopic (exact) mass is 279 g/mol. The fraction of sp³-hybridized carbons (Fsp3) is 0.385. The molecule has 1 heterocycles. The van der Waals surface area contributed by atoms with Crippen LogP contribution in [0.15, 0.2) is 30.5 Å². The second-order valence-corrected chi connectivity index (χ2v) is 4.87. The molecular formula is C13H18ClN5. The highest BCUT2D eigenvalue weighted by atomic mass is 35.5. The first-order valence-electron chi connectivity index (χ1n) is 6.33. The van der Waals surface area contributed by atoms with Crippen LogP contribution < -0.4 is 11.3 Å². The van der Waals surface area contributed by atoms with Crippen LogP contribution in [0.1, 0.15) is 30.6 Å². The number of aryl methyl sites for hydroxylation is 1. The molecule has 0 amide bonds. The normalized spacial score (nSPS) is 12.6. The van der Waals surface area contributed by atoms with Crippen molar-refractivity contribution in [1.29, 1.82) is 0 Å². The molecule has 0 aliphatic rings. The fourth-order valence-corrected chi connectivity index (χ4v) is 2.28. The number of hydrazine groups is 1. The van der Waals surface area contributed by atoms with E-state index in [9.17, 15) is 0 Å². The first-order valence-corrected chi connectivity index (χ1v) is 6.71. The van der Waals surface area contributed by atoms with Crippen molar-refractivity contribution in [3.8, 4) is 0 Å². The third kappa shape index (κ3) is 3.53. The van der Waals surface area contributed by atoms with E-state index in [2.05, 4.69) is 22.7 Å². The predicted octanol–water partition coefficient (Wildman–Crippen LogP) is 2.09. The van der Waals surface area contributed by atoms with Crippen molar-refractivity contribution in [2.75, 3.05) is 0 Å². The van der Waals surface area contributed by atoms with Gasteiger partial charge in [-0.05, 0) is 30.5 Å². The summed E-state index contributed by atoms with van der Waals surface area (Å²) < 4.78 is 1.88. The van der Waals surface area contributed by atoms with Crippen LogP contribution in [0.25, 0.3) is 0 Å². The van der Waals surface area contributed by atoms with E-state index in [1.807, 2.05) is 28.9 Å². The van der Waals surface area contributed by atoms with Gasteiger partial charge in [-0.3, -0.25) is 11.3 Å². The molecule has 1 aromatic carbocycles. The predicted molar refractivity (Wildman–Crippen MR) is 75.5 cm³/mol. The number of nitrogens with zero attached hydrogens (tertiary/aromatic N) is 3. The number of benzene rings is 1. The molecule has 0 bridgehead atoms. The molecule has 0 aliphatic carbocycles. The molecule has 0 saturated carbocycles. The van der Waals surface area contributed by atoms with Crippen molar-refractivity contribution in [2.24, 2.45) is 5.84 Å². The lowest BCUT2D eigenvalue weighted by atomic mass is 10.0. The van der Waals surface area contributed by atoms with Gasteiger partial charge in [0.1, 0.15) is 0 Å². The van der Waals surface area contributed by atoms with Gasteiger partial charge < -0.3 is 0 Å². The van der Waals surface area contributed by atoms with Gasteiger partial charge in [0.05, 0.1) is 17.9 Å². The molecule has 5 nitrogen and oxygen atoms in total. The van der Waals surface area contributed by atoms with Crippen LogP contribution in [0.5, 0.6) is 0 Å². The van der Waals surface area contributed by atoms with Gasteiger partial charge in [0.15, 0.2) is 0 Å². The number of rotatable bonds is 6. The minimum atomic E-state index is -0.0278. The summed E-state index contributed by atoms with van der Waals surface area (Å²) in [5.74, 6) is 5.66.